The second-order valence-electron chi connectivity index (χ2n) is 7.24. The molecule has 1 aromatic carbocycles. The Hall–Kier alpha value is -1.77. The van der Waals surface area contributed by atoms with Gasteiger partial charge in [-0.25, -0.2) is 0 Å². The Morgan fingerprint density at radius 1 is 1.24 bits per heavy atom. The van der Waals surface area contributed by atoms with E-state index in [0.29, 0.717) is 11.7 Å². The minimum atomic E-state index is -0.176. The molecular formula is C18H26N2O. The lowest BCUT2D eigenvalue weighted by atomic mass is 9.91. The number of aryl methyl sites for hydroxylation is 1. The first kappa shape index (κ1) is 15.6. The van der Waals surface area contributed by atoms with Crippen LogP contribution in [0.25, 0.3) is 11.3 Å². The van der Waals surface area contributed by atoms with Crippen LogP contribution < -0.4 is 0 Å². The molecule has 114 valence electrons. The molecule has 0 aliphatic heterocycles. The van der Waals surface area contributed by atoms with E-state index in [1.165, 1.54) is 5.56 Å². The van der Waals surface area contributed by atoms with Crippen molar-refractivity contribution < 1.29 is 5.11 Å². The molecular weight excluding hydrogens is 260 g/mol. The number of rotatable bonds is 3. The summed E-state index contributed by atoms with van der Waals surface area (Å²) in [5, 5.41) is 15.4. The van der Waals surface area contributed by atoms with Gasteiger partial charge in [0, 0.05) is 17.5 Å². The summed E-state index contributed by atoms with van der Waals surface area (Å²) in [6.45, 7) is 13.4. The van der Waals surface area contributed by atoms with Gasteiger partial charge in [0.2, 0.25) is 0 Å². The van der Waals surface area contributed by atoms with Crippen LogP contribution in [0.3, 0.4) is 0 Å². The monoisotopic (exact) mass is 286 g/mol. The maximum atomic E-state index is 10.7. The molecule has 3 heteroatoms. The molecule has 2 rings (SSSR count). The van der Waals surface area contributed by atoms with E-state index in [9.17, 15) is 5.11 Å². The zero-order valence-electron chi connectivity index (χ0n) is 13.9. The molecule has 0 spiro atoms. The Morgan fingerprint density at radius 3 is 2.43 bits per heavy atom. The van der Waals surface area contributed by atoms with Crippen molar-refractivity contribution in [1.29, 1.82) is 0 Å². The summed E-state index contributed by atoms with van der Waals surface area (Å²) < 4.78 is 1.95. The number of hydrogen-bond acceptors (Lipinski definition) is 2. The van der Waals surface area contributed by atoms with Crippen molar-refractivity contribution in [2.45, 2.75) is 53.5 Å². The van der Waals surface area contributed by atoms with E-state index in [1.54, 1.807) is 0 Å². The molecule has 0 atom stereocenters. The number of benzene rings is 1. The first-order valence-electron chi connectivity index (χ1n) is 7.57. The predicted octanol–water partition coefficient (Wildman–Crippen LogP) is 4.52. The molecule has 3 nitrogen and oxygen atoms in total. The van der Waals surface area contributed by atoms with Gasteiger partial charge < -0.3 is 5.11 Å². The third kappa shape index (κ3) is 3.29. The summed E-state index contributed by atoms with van der Waals surface area (Å²) in [6.07, 6.45) is 0. The highest BCUT2D eigenvalue weighted by Gasteiger charge is 2.27. The minimum absolute atomic E-state index is 0.176. The van der Waals surface area contributed by atoms with Gasteiger partial charge in [-0.2, -0.15) is 5.10 Å². The maximum Gasteiger partial charge on any atom is 0.165 e. The van der Waals surface area contributed by atoms with Gasteiger partial charge in [0.1, 0.15) is 11.4 Å². The van der Waals surface area contributed by atoms with E-state index in [-0.39, 0.29) is 5.41 Å². The second kappa shape index (κ2) is 5.55. The lowest BCUT2D eigenvalue weighted by Crippen LogP contribution is -2.14. The second-order valence-corrected chi connectivity index (χ2v) is 7.24. The fraction of sp³-hybridized carbons (Fsp3) is 0.500. The molecule has 0 unspecified atom stereocenters. The molecule has 21 heavy (non-hydrogen) atoms. The Balaban J connectivity index is 2.64. The number of aromatic nitrogens is 2. The quantitative estimate of drug-likeness (QED) is 0.901. The van der Waals surface area contributed by atoms with E-state index in [1.807, 2.05) is 16.8 Å². The number of nitrogens with zero attached hydrogens (tertiary/aromatic N) is 2. The van der Waals surface area contributed by atoms with Crippen molar-refractivity contribution >= 4 is 0 Å². The van der Waals surface area contributed by atoms with Crippen LogP contribution in [0.4, 0.5) is 0 Å². The van der Waals surface area contributed by atoms with Gasteiger partial charge in [-0.15, -0.1) is 0 Å². The van der Waals surface area contributed by atoms with Crippen LogP contribution in [-0.2, 0) is 12.0 Å². The van der Waals surface area contributed by atoms with Gasteiger partial charge in [-0.05, 0) is 18.9 Å². The number of aromatic hydroxyl groups is 1. The van der Waals surface area contributed by atoms with Crippen LogP contribution in [0.1, 0.15) is 45.9 Å². The van der Waals surface area contributed by atoms with Gasteiger partial charge in [0.15, 0.2) is 5.75 Å². The van der Waals surface area contributed by atoms with Crippen molar-refractivity contribution in [1.82, 2.24) is 9.78 Å². The van der Waals surface area contributed by atoms with Crippen LogP contribution in [0.5, 0.6) is 5.75 Å². The summed E-state index contributed by atoms with van der Waals surface area (Å²) in [5.74, 6) is 0.787. The zero-order chi connectivity index (χ0) is 15.8. The minimum Gasteiger partial charge on any atom is -0.504 e. The fourth-order valence-corrected chi connectivity index (χ4v) is 2.51. The lowest BCUT2D eigenvalue weighted by molar-refractivity contribution is 0.444. The summed E-state index contributed by atoms with van der Waals surface area (Å²) >= 11 is 0. The summed E-state index contributed by atoms with van der Waals surface area (Å²) in [7, 11) is 0. The van der Waals surface area contributed by atoms with Crippen molar-refractivity contribution in [2.75, 3.05) is 0 Å². The normalized spacial score (nSPS) is 12.1. The van der Waals surface area contributed by atoms with E-state index in [4.69, 9.17) is 5.10 Å². The average molecular weight is 286 g/mol. The summed E-state index contributed by atoms with van der Waals surface area (Å²) in [5.41, 5.74) is 3.62. The highest BCUT2D eigenvalue weighted by atomic mass is 16.3. The molecule has 2 aromatic rings. The standard InChI is InChI=1S/C18H26N2O/c1-12(2)11-20-15(14-9-7-8-13(3)10-14)16(21)17(19-20)18(4,5)6/h7-10,12,21H,11H2,1-6H3. The van der Waals surface area contributed by atoms with Gasteiger partial charge in [0.05, 0.1) is 0 Å². The largest absolute Gasteiger partial charge is 0.504 e. The first-order valence-corrected chi connectivity index (χ1v) is 7.57. The van der Waals surface area contributed by atoms with Crippen molar-refractivity contribution in [3.05, 3.63) is 35.5 Å². The number of hydrogen-bond donors (Lipinski definition) is 1. The summed E-state index contributed by atoms with van der Waals surface area (Å²) in [6, 6.07) is 8.22. The first-order chi connectivity index (χ1) is 9.70. The average Bonchev–Trinajstić information content (AvgIpc) is 2.65. The van der Waals surface area contributed by atoms with Gasteiger partial charge in [-0.1, -0.05) is 58.4 Å². The third-order valence-corrected chi connectivity index (χ3v) is 3.47. The molecule has 0 bridgehead atoms. The third-order valence-electron chi connectivity index (χ3n) is 3.47. The van der Waals surface area contributed by atoms with Crippen LogP contribution >= 0.6 is 0 Å². The molecule has 0 amide bonds. The smallest absolute Gasteiger partial charge is 0.165 e. The molecule has 0 saturated carbocycles. The van der Waals surface area contributed by atoms with Gasteiger partial charge in [-0.3, -0.25) is 4.68 Å². The molecule has 0 saturated heterocycles. The molecule has 0 radical (unpaired) electrons. The summed E-state index contributed by atoms with van der Waals surface area (Å²) in [4.78, 5) is 0. The van der Waals surface area contributed by atoms with E-state index >= 15 is 0 Å². The highest BCUT2D eigenvalue weighted by molar-refractivity contribution is 5.69. The molecule has 0 aliphatic rings. The van der Waals surface area contributed by atoms with Crippen molar-refractivity contribution in [3.63, 3.8) is 0 Å². The highest BCUT2D eigenvalue weighted by Crippen LogP contribution is 2.38. The molecule has 1 aromatic heterocycles. The van der Waals surface area contributed by atoms with Crippen LogP contribution in [0.2, 0.25) is 0 Å². The van der Waals surface area contributed by atoms with E-state index in [2.05, 4.69) is 53.7 Å². The molecule has 0 fully saturated rings. The van der Waals surface area contributed by atoms with E-state index in [0.717, 1.165) is 23.5 Å². The molecule has 1 N–H and O–H groups in total. The van der Waals surface area contributed by atoms with Gasteiger partial charge >= 0.3 is 0 Å². The Kier molecular flexibility index (Phi) is 4.13. The Bertz CT molecular complexity index is 633. The van der Waals surface area contributed by atoms with Crippen molar-refractivity contribution in [2.24, 2.45) is 5.92 Å². The lowest BCUT2D eigenvalue weighted by Gasteiger charge is -2.15. The van der Waals surface area contributed by atoms with Crippen molar-refractivity contribution in [3.8, 4) is 17.0 Å². The van der Waals surface area contributed by atoms with Gasteiger partial charge in [0.25, 0.3) is 0 Å². The maximum absolute atomic E-state index is 10.7. The molecule has 1 heterocycles. The van der Waals surface area contributed by atoms with Crippen LogP contribution in [0.15, 0.2) is 24.3 Å². The topological polar surface area (TPSA) is 38.1 Å². The predicted molar refractivity (Wildman–Crippen MR) is 87.6 cm³/mol. The van der Waals surface area contributed by atoms with E-state index < -0.39 is 0 Å². The van der Waals surface area contributed by atoms with Crippen LogP contribution in [0, 0.1) is 12.8 Å². The van der Waals surface area contributed by atoms with Crippen LogP contribution in [-0.4, -0.2) is 14.9 Å². The Labute approximate surface area is 127 Å². The Morgan fingerprint density at radius 2 is 1.90 bits per heavy atom. The fourth-order valence-electron chi connectivity index (χ4n) is 2.51. The SMILES string of the molecule is Cc1cccc(-c2c(O)c(C(C)(C)C)nn2CC(C)C)c1. The molecule has 0 aliphatic carbocycles. The zero-order valence-corrected chi connectivity index (χ0v) is 13.9.